The predicted octanol–water partition coefficient (Wildman–Crippen LogP) is 3.86. The molecule has 1 aromatic heterocycles. The second-order valence-corrected chi connectivity index (χ2v) is 10.4. The topological polar surface area (TPSA) is 94.8 Å². The summed E-state index contributed by atoms with van der Waals surface area (Å²) in [5, 5.41) is 0.692. The third-order valence-corrected chi connectivity index (χ3v) is 7.46. The molecule has 0 spiro atoms. The van der Waals surface area contributed by atoms with Gasteiger partial charge in [0.2, 0.25) is 5.91 Å². The van der Waals surface area contributed by atoms with Crippen molar-refractivity contribution in [3.63, 3.8) is 0 Å². The Morgan fingerprint density at radius 3 is 2.55 bits per heavy atom. The number of carbonyl (C=O) groups is 2. The van der Waals surface area contributed by atoms with Crippen molar-refractivity contribution in [2.45, 2.75) is 24.8 Å². The van der Waals surface area contributed by atoms with Gasteiger partial charge in [0.1, 0.15) is 6.54 Å². The van der Waals surface area contributed by atoms with Gasteiger partial charge in [-0.1, -0.05) is 52.7 Å². The number of benzene rings is 2. The third kappa shape index (κ3) is 5.74. The van der Waals surface area contributed by atoms with Gasteiger partial charge in [-0.2, -0.15) is 4.99 Å². The van der Waals surface area contributed by atoms with Crippen LogP contribution >= 0.6 is 34.5 Å². The first-order chi connectivity index (χ1) is 14.7. The number of hydrogen-bond acceptors (Lipinski definition) is 6. The maximum atomic E-state index is 12.5. The molecular formula is C20H18Cl2N2O5S2. The Morgan fingerprint density at radius 2 is 1.87 bits per heavy atom. The maximum Gasteiger partial charge on any atom is 0.326 e. The van der Waals surface area contributed by atoms with Gasteiger partial charge in [-0.15, -0.1) is 0 Å². The largest absolute Gasteiger partial charge is 0.465 e. The Labute approximate surface area is 192 Å². The number of aromatic nitrogens is 1. The summed E-state index contributed by atoms with van der Waals surface area (Å²) < 4.78 is 31.9. The Balaban J connectivity index is 1.94. The monoisotopic (exact) mass is 500 g/mol. The molecule has 11 heteroatoms. The lowest BCUT2D eigenvalue weighted by molar-refractivity contribution is -0.143. The van der Waals surface area contributed by atoms with Crippen LogP contribution in [0, 0.1) is 0 Å². The van der Waals surface area contributed by atoms with Gasteiger partial charge >= 0.3 is 5.97 Å². The molecule has 1 amide bonds. The molecule has 3 rings (SSSR count). The lowest BCUT2D eigenvalue weighted by Gasteiger charge is -2.06. The molecule has 0 saturated carbocycles. The summed E-state index contributed by atoms with van der Waals surface area (Å²) in [5.74, 6) is -1.53. The Morgan fingerprint density at radius 1 is 1.16 bits per heavy atom. The van der Waals surface area contributed by atoms with Gasteiger partial charge in [0, 0.05) is 11.4 Å². The van der Waals surface area contributed by atoms with E-state index in [-0.39, 0.29) is 35.0 Å². The van der Waals surface area contributed by atoms with Gasteiger partial charge in [-0.25, -0.2) is 8.42 Å². The van der Waals surface area contributed by atoms with Crippen molar-refractivity contribution >= 4 is 66.5 Å². The van der Waals surface area contributed by atoms with E-state index in [0.717, 1.165) is 11.3 Å². The van der Waals surface area contributed by atoms with Gasteiger partial charge in [0.05, 0.1) is 32.5 Å². The molecule has 0 saturated heterocycles. The summed E-state index contributed by atoms with van der Waals surface area (Å²) in [4.78, 5) is 28.9. The first-order valence-corrected chi connectivity index (χ1v) is 12.4. The van der Waals surface area contributed by atoms with Crippen LogP contribution in [0.25, 0.3) is 10.2 Å². The average molecular weight is 501 g/mol. The number of hydrogen-bond donors (Lipinski definition) is 0. The molecule has 1 heterocycles. The molecule has 0 radical (unpaired) electrons. The maximum absolute atomic E-state index is 12.5. The van der Waals surface area contributed by atoms with Gasteiger partial charge < -0.3 is 9.30 Å². The highest BCUT2D eigenvalue weighted by Gasteiger charge is 2.18. The van der Waals surface area contributed by atoms with Crippen molar-refractivity contribution in [2.24, 2.45) is 4.99 Å². The molecule has 0 aliphatic carbocycles. The van der Waals surface area contributed by atoms with Crippen LogP contribution in [0.5, 0.6) is 0 Å². The molecule has 0 aliphatic heterocycles. The Hall–Kier alpha value is -2.20. The van der Waals surface area contributed by atoms with Crippen LogP contribution in [0.15, 0.2) is 52.4 Å². The molecule has 0 aliphatic rings. The summed E-state index contributed by atoms with van der Waals surface area (Å²) >= 11 is 13.5. The molecule has 31 heavy (non-hydrogen) atoms. The van der Waals surface area contributed by atoms with Gasteiger partial charge in [0.25, 0.3) is 0 Å². The minimum Gasteiger partial charge on any atom is -0.465 e. The second kappa shape index (κ2) is 9.95. The van der Waals surface area contributed by atoms with Crippen LogP contribution in [0.4, 0.5) is 0 Å². The van der Waals surface area contributed by atoms with E-state index in [1.165, 1.54) is 22.8 Å². The zero-order chi connectivity index (χ0) is 22.6. The van der Waals surface area contributed by atoms with Gasteiger partial charge in [-0.05, 0) is 31.2 Å². The van der Waals surface area contributed by atoms with Crippen LogP contribution in [-0.4, -0.2) is 37.2 Å². The SMILES string of the molecule is CCOC(=O)Cn1c(=NC(=O)CCS(=O)(=O)c2ccccc2)sc2cc(Cl)cc(Cl)c21. The van der Waals surface area contributed by atoms with Crippen molar-refractivity contribution < 1.29 is 22.7 Å². The second-order valence-electron chi connectivity index (χ2n) is 6.40. The fourth-order valence-electron chi connectivity index (χ4n) is 2.83. The first-order valence-electron chi connectivity index (χ1n) is 9.20. The van der Waals surface area contributed by atoms with E-state index in [1.807, 2.05) is 0 Å². The first kappa shape index (κ1) is 23.5. The van der Waals surface area contributed by atoms with Crippen LogP contribution in [0.1, 0.15) is 13.3 Å². The van der Waals surface area contributed by atoms with Crippen molar-refractivity contribution in [2.75, 3.05) is 12.4 Å². The van der Waals surface area contributed by atoms with E-state index < -0.39 is 21.7 Å². The highest BCUT2D eigenvalue weighted by molar-refractivity contribution is 7.91. The Bertz CT molecular complexity index is 1300. The van der Waals surface area contributed by atoms with E-state index in [0.29, 0.717) is 20.3 Å². The summed E-state index contributed by atoms with van der Waals surface area (Å²) in [7, 11) is -3.62. The molecule has 0 unspecified atom stereocenters. The number of rotatable bonds is 7. The normalized spacial score (nSPS) is 12.3. The molecular weight excluding hydrogens is 483 g/mol. The highest BCUT2D eigenvalue weighted by atomic mass is 35.5. The molecule has 164 valence electrons. The Kier molecular flexibility index (Phi) is 7.53. The van der Waals surface area contributed by atoms with E-state index in [9.17, 15) is 18.0 Å². The number of thiazole rings is 1. The summed E-state index contributed by atoms with van der Waals surface area (Å²) in [6, 6.07) is 11.1. The van der Waals surface area contributed by atoms with E-state index in [4.69, 9.17) is 27.9 Å². The summed E-state index contributed by atoms with van der Waals surface area (Å²) in [6.07, 6.45) is -0.306. The van der Waals surface area contributed by atoms with E-state index in [1.54, 1.807) is 31.2 Å². The third-order valence-electron chi connectivity index (χ3n) is 4.20. The zero-order valence-corrected chi connectivity index (χ0v) is 19.5. The fourth-order valence-corrected chi connectivity index (χ4v) is 5.91. The molecule has 0 fully saturated rings. The molecule has 7 nitrogen and oxygen atoms in total. The average Bonchev–Trinajstić information content (AvgIpc) is 3.04. The van der Waals surface area contributed by atoms with Crippen LogP contribution in [0.2, 0.25) is 10.0 Å². The molecule has 0 atom stereocenters. The zero-order valence-electron chi connectivity index (χ0n) is 16.4. The van der Waals surface area contributed by atoms with Crippen LogP contribution in [0.3, 0.4) is 0 Å². The number of carbonyl (C=O) groups excluding carboxylic acids is 2. The van der Waals surface area contributed by atoms with E-state index in [2.05, 4.69) is 4.99 Å². The lowest BCUT2D eigenvalue weighted by Crippen LogP contribution is -2.23. The predicted molar refractivity (Wildman–Crippen MR) is 120 cm³/mol. The summed E-state index contributed by atoms with van der Waals surface area (Å²) in [6.45, 7) is 1.68. The smallest absolute Gasteiger partial charge is 0.326 e. The molecule has 3 aromatic rings. The van der Waals surface area contributed by atoms with Crippen LogP contribution < -0.4 is 4.80 Å². The minimum absolute atomic E-state index is 0.142. The quantitative estimate of drug-likeness (QED) is 0.459. The summed E-state index contributed by atoms with van der Waals surface area (Å²) in [5.41, 5.74) is 0.493. The fraction of sp³-hybridized carbons (Fsp3) is 0.250. The van der Waals surface area contributed by atoms with Crippen LogP contribution in [-0.2, 0) is 30.7 Å². The number of ether oxygens (including phenoxy) is 1. The standard InChI is InChI=1S/C20H18Cl2N2O5S2/c1-2-29-18(26)12-24-19-15(22)10-13(21)11-16(19)30-20(24)23-17(25)8-9-31(27,28)14-6-4-3-5-7-14/h3-7,10-11H,2,8-9,12H2,1H3. The number of nitrogens with zero attached hydrogens (tertiary/aromatic N) is 2. The van der Waals surface area contributed by atoms with Crippen molar-refractivity contribution in [3.8, 4) is 0 Å². The number of sulfone groups is 1. The molecule has 2 aromatic carbocycles. The number of fused-ring (bicyclic) bond motifs is 1. The van der Waals surface area contributed by atoms with Crippen molar-refractivity contribution in [3.05, 3.63) is 57.3 Å². The molecule has 0 bridgehead atoms. The number of esters is 1. The number of amides is 1. The number of halogens is 2. The van der Waals surface area contributed by atoms with Gasteiger partial charge in [0.15, 0.2) is 14.6 Å². The van der Waals surface area contributed by atoms with Gasteiger partial charge in [-0.3, -0.25) is 9.59 Å². The highest BCUT2D eigenvalue weighted by Crippen LogP contribution is 2.29. The minimum atomic E-state index is -3.62. The molecule has 0 N–H and O–H groups in total. The lowest BCUT2D eigenvalue weighted by atomic mass is 10.3. The van der Waals surface area contributed by atoms with Crippen molar-refractivity contribution in [1.29, 1.82) is 0 Å². The van der Waals surface area contributed by atoms with E-state index >= 15 is 0 Å². The van der Waals surface area contributed by atoms with Crippen molar-refractivity contribution in [1.82, 2.24) is 4.57 Å².